The molecule has 0 spiro atoms. The van der Waals surface area contributed by atoms with Crippen molar-refractivity contribution in [2.75, 3.05) is 39.0 Å². The Morgan fingerprint density at radius 2 is 1.98 bits per heavy atom. The number of likely N-dealkylation sites (tertiary alicyclic amines) is 1. The van der Waals surface area contributed by atoms with E-state index in [4.69, 9.17) is 0 Å². The predicted octanol–water partition coefficient (Wildman–Crippen LogP) is 4.76. The summed E-state index contributed by atoms with van der Waals surface area (Å²) in [5.41, 5.74) is 3.32. The molecular weight excluding hydrogens is 551 g/mol. The molecule has 0 saturated carbocycles. The van der Waals surface area contributed by atoms with E-state index in [1.165, 1.54) is 17.4 Å². The minimum atomic E-state index is -4.50. The lowest BCUT2D eigenvalue weighted by atomic mass is 10.0. The number of halogens is 3. The number of carbonyl (C=O) groups excluding carboxylic acids is 1. The van der Waals surface area contributed by atoms with Gasteiger partial charge in [-0.2, -0.15) is 18.3 Å². The number of carbonyl (C=O) groups is 1. The minimum Gasteiger partial charge on any atom is -0.322 e. The van der Waals surface area contributed by atoms with E-state index in [0.29, 0.717) is 43.2 Å². The van der Waals surface area contributed by atoms with E-state index in [0.717, 1.165) is 53.8 Å². The van der Waals surface area contributed by atoms with Gasteiger partial charge in [0.2, 0.25) is 0 Å². The Labute approximate surface area is 240 Å². The van der Waals surface area contributed by atoms with Crippen LogP contribution in [0.4, 0.5) is 18.9 Å². The molecule has 0 radical (unpaired) electrons. The van der Waals surface area contributed by atoms with Gasteiger partial charge < -0.3 is 10.2 Å². The predicted molar refractivity (Wildman–Crippen MR) is 152 cm³/mol. The Morgan fingerprint density at radius 1 is 1.15 bits per heavy atom. The SMILES string of the molecule is CN(C)[C@@H]1CCN(Cc2cc(NC(=O)c3csc4c3CCN(Cc3cnc5ccnn5c3)C4)cc(C(F)(F)F)c2)C1. The van der Waals surface area contributed by atoms with E-state index in [2.05, 4.69) is 30.1 Å². The zero-order valence-electron chi connectivity index (χ0n) is 23.0. The van der Waals surface area contributed by atoms with Crippen molar-refractivity contribution in [3.05, 3.63) is 80.9 Å². The van der Waals surface area contributed by atoms with Crippen molar-refractivity contribution in [1.29, 1.82) is 0 Å². The maximum Gasteiger partial charge on any atom is 0.416 e. The van der Waals surface area contributed by atoms with Crippen LogP contribution in [-0.2, 0) is 32.2 Å². The van der Waals surface area contributed by atoms with E-state index in [-0.39, 0.29) is 11.6 Å². The number of alkyl halides is 3. The van der Waals surface area contributed by atoms with Crippen LogP contribution in [0.5, 0.6) is 0 Å². The molecule has 1 fully saturated rings. The van der Waals surface area contributed by atoms with Crippen LogP contribution in [0.25, 0.3) is 5.65 Å². The second-order valence-corrected chi connectivity index (χ2v) is 12.1. The molecule has 5 heterocycles. The third-order valence-electron chi connectivity index (χ3n) is 7.94. The van der Waals surface area contributed by atoms with Crippen LogP contribution in [0.3, 0.4) is 0 Å². The zero-order valence-corrected chi connectivity index (χ0v) is 23.8. The molecule has 0 bridgehead atoms. The number of hydrogen-bond donors (Lipinski definition) is 1. The minimum absolute atomic E-state index is 0.169. The first kappa shape index (κ1) is 27.8. The Balaban J connectivity index is 1.15. The van der Waals surface area contributed by atoms with Crippen molar-refractivity contribution >= 4 is 28.6 Å². The fraction of sp³-hybridized carbons (Fsp3) is 0.414. The lowest BCUT2D eigenvalue weighted by molar-refractivity contribution is -0.137. The zero-order chi connectivity index (χ0) is 28.7. The lowest BCUT2D eigenvalue weighted by Gasteiger charge is -2.27. The second kappa shape index (κ2) is 11.2. The summed E-state index contributed by atoms with van der Waals surface area (Å²) in [7, 11) is 4.04. The fourth-order valence-electron chi connectivity index (χ4n) is 5.75. The first-order valence-electron chi connectivity index (χ1n) is 13.6. The number of nitrogens with zero attached hydrogens (tertiary/aromatic N) is 6. The first-order valence-corrected chi connectivity index (χ1v) is 14.5. The van der Waals surface area contributed by atoms with Crippen LogP contribution in [-0.4, -0.2) is 75.0 Å². The van der Waals surface area contributed by atoms with E-state index in [1.54, 1.807) is 16.8 Å². The second-order valence-electron chi connectivity index (χ2n) is 11.1. The third-order valence-corrected chi connectivity index (χ3v) is 8.95. The summed E-state index contributed by atoms with van der Waals surface area (Å²) >= 11 is 1.52. The van der Waals surface area contributed by atoms with Crippen LogP contribution in [0.1, 0.15) is 43.9 Å². The highest BCUT2D eigenvalue weighted by atomic mass is 32.1. The van der Waals surface area contributed by atoms with Gasteiger partial charge in [-0.25, -0.2) is 9.50 Å². The summed E-state index contributed by atoms with van der Waals surface area (Å²) in [6.45, 7) is 4.20. The van der Waals surface area contributed by atoms with Crippen molar-refractivity contribution in [2.24, 2.45) is 0 Å². The maximum atomic E-state index is 13.8. The van der Waals surface area contributed by atoms with Gasteiger partial charge >= 0.3 is 6.18 Å². The van der Waals surface area contributed by atoms with Gasteiger partial charge in [0.1, 0.15) is 0 Å². The fourth-order valence-corrected chi connectivity index (χ4v) is 6.87. The quantitative estimate of drug-likeness (QED) is 0.339. The summed E-state index contributed by atoms with van der Waals surface area (Å²) in [5, 5.41) is 8.85. The Bertz CT molecular complexity index is 1560. The number of anilines is 1. The van der Waals surface area contributed by atoms with E-state index in [1.807, 2.05) is 37.9 Å². The number of aromatic nitrogens is 3. The standard InChI is InChI=1S/C29H32F3N7OS/c1-36(2)23-4-7-37(16-23)13-19-9-21(29(30,31)32)11-22(10-19)35-28(40)25-18-41-26-17-38(8-5-24(25)26)14-20-12-33-27-3-6-34-39(27)15-20/h3,6,9-12,15,18,23H,4-5,7-8,13-14,16-17H2,1-2H3,(H,35,40)/t23-/m1/s1. The molecule has 6 rings (SSSR count). The van der Waals surface area contributed by atoms with Gasteiger partial charge in [0.05, 0.1) is 17.3 Å². The number of benzene rings is 1. The molecular formula is C29H32F3N7OS. The van der Waals surface area contributed by atoms with E-state index < -0.39 is 11.7 Å². The number of thiophene rings is 1. The molecule has 1 atom stereocenters. The molecule has 1 amide bonds. The molecule has 4 aromatic rings. The van der Waals surface area contributed by atoms with Crippen LogP contribution < -0.4 is 5.32 Å². The molecule has 3 aromatic heterocycles. The summed E-state index contributed by atoms with van der Waals surface area (Å²) in [5.74, 6) is -0.372. The third kappa shape index (κ3) is 6.15. The Kier molecular flexibility index (Phi) is 7.58. The molecule has 1 N–H and O–H groups in total. The highest BCUT2D eigenvalue weighted by molar-refractivity contribution is 7.10. The molecule has 2 aliphatic heterocycles. The summed E-state index contributed by atoms with van der Waals surface area (Å²) in [4.78, 5) is 25.5. The van der Waals surface area contributed by atoms with Gasteiger partial charge in [-0.15, -0.1) is 11.3 Å². The molecule has 1 aromatic carbocycles. The lowest BCUT2D eigenvalue weighted by Crippen LogP contribution is -2.31. The Hall–Kier alpha value is -3.32. The number of fused-ring (bicyclic) bond motifs is 2. The van der Waals surface area contributed by atoms with Crippen LogP contribution in [0.15, 0.2) is 48.2 Å². The highest BCUT2D eigenvalue weighted by Gasteiger charge is 2.32. The molecule has 0 unspecified atom stereocenters. The van der Waals surface area contributed by atoms with Crippen molar-refractivity contribution in [3.63, 3.8) is 0 Å². The smallest absolute Gasteiger partial charge is 0.322 e. The Morgan fingerprint density at radius 3 is 2.76 bits per heavy atom. The van der Waals surface area contributed by atoms with E-state index in [9.17, 15) is 18.0 Å². The highest BCUT2D eigenvalue weighted by Crippen LogP contribution is 2.34. The number of nitrogens with one attached hydrogen (secondary N) is 1. The summed E-state index contributed by atoms with van der Waals surface area (Å²) < 4.78 is 43.1. The molecule has 12 heteroatoms. The van der Waals surface area contributed by atoms with Gasteiger partial charge in [-0.3, -0.25) is 14.6 Å². The van der Waals surface area contributed by atoms with Crippen LogP contribution in [0, 0.1) is 0 Å². The van der Waals surface area contributed by atoms with Gasteiger partial charge in [0.25, 0.3) is 5.91 Å². The largest absolute Gasteiger partial charge is 0.416 e. The summed E-state index contributed by atoms with van der Waals surface area (Å²) in [6, 6.07) is 6.13. The average Bonchev–Trinajstić information content (AvgIpc) is 3.67. The normalized spacial score (nSPS) is 18.3. The molecule has 216 valence electrons. The van der Waals surface area contributed by atoms with Gasteiger partial charge in [0.15, 0.2) is 5.65 Å². The molecule has 2 aliphatic rings. The van der Waals surface area contributed by atoms with Crippen molar-refractivity contribution < 1.29 is 18.0 Å². The molecule has 1 saturated heterocycles. The molecule has 0 aliphatic carbocycles. The van der Waals surface area contributed by atoms with Crippen molar-refractivity contribution in [1.82, 2.24) is 29.3 Å². The van der Waals surface area contributed by atoms with Gasteiger partial charge in [0, 0.05) is 85.3 Å². The average molecular weight is 584 g/mol. The van der Waals surface area contributed by atoms with Crippen molar-refractivity contribution in [3.8, 4) is 0 Å². The number of rotatable bonds is 7. The van der Waals surface area contributed by atoms with Gasteiger partial charge in [-0.1, -0.05) is 0 Å². The van der Waals surface area contributed by atoms with Gasteiger partial charge in [-0.05, 0) is 56.3 Å². The molecule has 8 nitrogen and oxygen atoms in total. The van der Waals surface area contributed by atoms with Crippen LogP contribution in [0.2, 0.25) is 0 Å². The number of amides is 1. The topological polar surface area (TPSA) is 69.0 Å². The monoisotopic (exact) mass is 583 g/mol. The maximum absolute atomic E-state index is 13.8. The number of likely N-dealkylation sites (N-methyl/N-ethyl adjacent to an activating group) is 1. The number of hydrogen-bond acceptors (Lipinski definition) is 7. The first-order chi connectivity index (χ1) is 19.6. The van der Waals surface area contributed by atoms with Crippen LogP contribution >= 0.6 is 11.3 Å². The molecule has 41 heavy (non-hydrogen) atoms. The summed E-state index contributed by atoms with van der Waals surface area (Å²) in [6.07, 6.45) is 2.70. The van der Waals surface area contributed by atoms with Crippen molar-refractivity contribution in [2.45, 2.75) is 44.7 Å². The van der Waals surface area contributed by atoms with E-state index >= 15 is 0 Å².